The number of fused-ring (bicyclic) bond motifs is 6. The molecule has 0 spiro atoms. The number of hydrogen-bond donors (Lipinski definition) is 3. The van der Waals surface area contributed by atoms with Crippen LogP contribution in [0.5, 0.6) is 0 Å². The Labute approximate surface area is 538 Å². The van der Waals surface area contributed by atoms with Crippen molar-refractivity contribution in [2.24, 2.45) is 16.2 Å². The molecule has 0 saturated carbocycles. The van der Waals surface area contributed by atoms with E-state index in [2.05, 4.69) is 95.2 Å². The number of para-hydroxylation sites is 6. The van der Waals surface area contributed by atoms with E-state index >= 15 is 0 Å². The SMILES string of the molecule is COC(=O)C(C)(C)CO.COC(=O)C(C)(C)Cn1c(=O)n(Cc2csc3cccc(C)c23)c2ccccc21.Cc1cccc2scc(Cn3c(=O)[nH]c4ccccc43)c12.Cc1cccc2scc(Cn3c(=O)n(CC(C)(C)C(=O)O)c4ccccc43)c12.[Li+].[OH-]. The molecule has 12 aromatic rings. The average molecular weight is 1250 g/mol. The van der Waals surface area contributed by atoms with Gasteiger partial charge in [0.2, 0.25) is 0 Å². The van der Waals surface area contributed by atoms with Crippen molar-refractivity contribution in [3.05, 3.63) is 208 Å². The Morgan fingerprint density at radius 3 is 1.17 bits per heavy atom. The van der Waals surface area contributed by atoms with Gasteiger partial charge in [0.25, 0.3) is 0 Å². The molecule has 0 aliphatic carbocycles. The van der Waals surface area contributed by atoms with Crippen molar-refractivity contribution >= 4 is 115 Å². The Morgan fingerprint density at radius 1 is 0.472 bits per heavy atom. The number of aromatic amines is 1. The Balaban J connectivity index is 0.000000177. The van der Waals surface area contributed by atoms with Gasteiger partial charge >= 0.3 is 53.8 Å². The molecule has 21 heteroatoms. The van der Waals surface area contributed by atoms with E-state index in [9.17, 15) is 33.9 Å². The number of aliphatic hydroxyl groups excluding tert-OH is 1. The number of nitrogens with one attached hydrogen (secondary N) is 1. The number of esters is 2. The van der Waals surface area contributed by atoms with Crippen LogP contribution in [0.2, 0.25) is 0 Å². The molecule has 17 nitrogen and oxygen atoms in total. The van der Waals surface area contributed by atoms with Crippen LogP contribution in [-0.2, 0) is 56.6 Å². The second kappa shape index (κ2) is 28.2. The van der Waals surface area contributed by atoms with Gasteiger partial charge < -0.3 is 30.1 Å². The maximum absolute atomic E-state index is 13.4. The van der Waals surface area contributed by atoms with Crippen molar-refractivity contribution in [2.75, 3.05) is 20.8 Å². The summed E-state index contributed by atoms with van der Waals surface area (Å²) in [6, 6.07) is 42.0. The molecule has 0 aliphatic rings. The summed E-state index contributed by atoms with van der Waals surface area (Å²) in [5.41, 5.74) is 9.30. The number of carbonyl (C=O) groups is 3. The number of aliphatic carboxylic acids is 1. The number of aliphatic hydroxyl groups is 1. The predicted octanol–water partition coefficient (Wildman–Crippen LogP) is 9.96. The van der Waals surface area contributed by atoms with E-state index in [1.54, 1.807) is 93.8 Å². The van der Waals surface area contributed by atoms with Crippen LogP contribution in [0.3, 0.4) is 0 Å². The third-order valence-corrected chi connectivity index (χ3v) is 18.7. The van der Waals surface area contributed by atoms with Gasteiger partial charge in [0.15, 0.2) is 0 Å². The molecule has 6 aromatic heterocycles. The van der Waals surface area contributed by atoms with Crippen molar-refractivity contribution in [3.8, 4) is 0 Å². The first-order chi connectivity index (χ1) is 41.4. The number of nitrogens with zero attached hydrogens (tertiary/aromatic N) is 5. The van der Waals surface area contributed by atoms with Gasteiger partial charge in [0, 0.05) is 43.3 Å². The van der Waals surface area contributed by atoms with Gasteiger partial charge in [-0.1, -0.05) is 72.8 Å². The Kier molecular flexibility index (Phi) is 21.7. The monoisotopic (exact) mass is 1250 g/mol. The molecule has 12 rings (SSSR count). The van der Waals surface area contributed by atoms with Crippen LogP contribution in [0.25, 0.3) is 63.4 Å². The maximum Gasteiger partial charge on any atom is 1.00 e. The smallest absolute Gasteiger partial charge is 0.870 e. The van der Waals surface area contributed by atoms with Crippen molar-refractivity contribution in [1.29, 1.82) is 0 Å². The third-order valence-electron chi connectivity index (χ3n) is 15.7. The van der Waals surface area contributed by atoms with Crippen molar-refractivity contribution in [3.63, 3.8) is 0 Å². The van der Waals surface area contributed by atoms with E-state index < -0.39 is 22.2 Å². The van der Waals surface area contributed by atoms with E-state index in [0.29, 0.717) is 19.6 Å². The molecule has 460 valence electrons. The third kappa shape index (κ3) is 14.2. The number of rotatable bonds is 14. The first kappa shape index (κ1) is 68.4. The zero-order valence-corrected chi connectivity index (χ0v) is 54.6. The van der Waals surface area contributed by atoms with Crippen LogP contribution in [0.1, 0.15) is 74.9 Å². The van der Waals surface area contributed by atoms with Gasteiger partial charge in [0.05, 0.1) is 89.8 Å². The number of benzene rings is 6. The standard InChI is InChI=1S/C23H24N2O3S.C22H22N2O3S.C17H14N2OS.C6H12O3.Li.H2O/c1-15-8-7-11-19-20(15)16(13-29-19)12-24-17-9-5-6-10-18(17)25(22(24)27)14-23(2,3)21(26)28-4;1-14-7-6-10-18-19(14)15(12-28-18)11-23-16-8-4-5-9-17(16)24(21(23)27)13-22(2,3)20(25)26;1-11-5-4-8-15-16(11)12(10-21-15)9-19-14-7-3-2-6-13(14)18-17(19)20;1-6(2,4-7)5(8)9-3;;/h5-11,13H,12,14H2,1-4H3;4-10,12H,11,13H2,1-3H3,(H,25,26);2-8,10H,9H2,1H3,(H,18,20);7H,4H2,1-3H3;;1H2/q;;;;+1;/p-1. The van der Waals surface area contributed by atoms with Crippen LogP contribution >= 0.6 is 34.0 Å². The van der Waals surface area contributed by atoms with Crippen LogP contribution in [-0.4, -0.2) is 82.2 Å². The summed E-state index contributed by atoms with van der Waals surface area (Å²) in [7, 11) is 2.68. The number of aryl methyl sites for hydroxylation is 3. The second-order valence-electron chi connectivity index (χ2n) is 23.6. The molecule has 6 heterocycles. The Bertz CT molecular complexity index is 4720. The summed E-state index contributed by atoms with van der Waals surface area (Å²) in [6.45, 7) is 18.2. The van der Waals surface area contributed by atoms with E-state index in [0.717, 1.165) is 44.2 Å². The van der Waals surface area contributed by atoms with E-state index in [-0.39, 0.29) is 73.0 Å². The summed E-state index contributed by atoms with van der Waals surface area (Å²) in [6.07, 6.45) is 0. The summed E-state index contributed by atoms with van der Waals surface area (Å²) in [5, 5.41) is 28.2. The molecule has 0 aliphatic heterocycles. The van der Waals surface area contributed by atoms with Crippen LogP contribution < -0.4 is 35.9 Å². The number of carboxylic acid groups (broad SMARTS) is 1. The van der Waals surface area contributed by atoms with Gasteiger partial charge in [0.1, 0.15) is 0 Å². The number of carbonyl (C=O) groups excluding carboxylic acids is 2. The molecular formula is C68H73LiN6O11S3. The molecule has 0 atom stereocenters. The van der Waals surface area contributed by atoms with Gasteiger partial charge in [-0.25, -0.2) is 14.4 Å². The summed E-state index contributed by atoms with van der Waals surface area (Å²) >= 11 is 5.11. The first-order valence-electron chi connectivity index (χ1n) is 28.3. The minimum atomic E-state index is -1.04. The topological polar surface area (TPSA) is 232 Å². The number of methoxy groups -OCH3 is 2. The van der Waals surface area contributed by atoms with E-state index in [4.69, 9.17) is 9.84 Å². The van der Waals surface area contributed by atoms with Crippen molar-refractivity contribution < 1.29 is 58.4 Å². The fraction of sp³-hybridized carbons (Fsp3) is 0.294. The average Bonchev–Trinajstić information content (AvgIpc) is 2.27. The van der Waals surface area contributed by atoms with Crippen molar-refractivity contribution in [1.82, 2.24) is 27.8 Å². The second-order valence-corrected chi connectivity index (χ2v) is 26.4. The number of ether oxygens (including phenoxy) is 2. The largest absolute Gasteiger partial charge is 1.00 e. The minimum absolute atomic E-state index is 0. The quantitative estimate of drug-likeness (QED) is 0.0685. The van der Waals surface area contributed by atoms with Crippen LogP contribution in [0.4, 0.5) is 0 Å². The first-order valence-corrected chi connectivity index (χ1v) is 31.0. The fourth-order valence-corrected chi connectivity index (χ4v) is 13.9. The fourth-order valence-electron chi connectivity index (χ4n) is 10.9. The van der Waals surface area contributed by atoms with Crippen LogP contribution in [0.15, 0.2) is 158 Å². The van der Waals surface area contributed by atoms with Crippen LogP contribution in [0, 0.1) is 37.0 Å². The van der Waals surface area contributed by atoms with E-state index in [1.807, 2.05) is 83.4 Å². The number of thiophene rings is 3. The summed E-state index contributed by atoms with van der Waals surface area (Å²) < 4.78 is 21.7. The minimum Gasteiger partial charge on any atom is -0.870 e. The summed E-state index contributed by atoms with van der Waals surface area (Å²) in [4.78, 5) is 76.3. The predicted molar refractivity (Wildman–Crippen MR) is 354 cm³/mol. The number of imidazole rings is 3. The molecule has 0 amide bonds. The Hall–Kier alpha value is -8.06. The van der Waals surface area contributed by atoms with Gasteiger partial charge in [-0.15, -0.1) is 34.0 Å². The number of carboxylic acids is 1. The molecule has 6 aromatic carbocycles. The molecule has 4 N–H and O–H groups in total. The number of aromatic nitrogens is 6. The molecule has 0 unspecified atom stereocenters. The zero-order valence-electron chi connectivity index (χ0n) is 52.2. The molecule has 0 radical (unpaired) electrons. The molecule has 0 bridgehead atoms. The van der Waals surface area contributed by atoms with Crippen molar-refractivity contribution in [2.45, 2.75) is 95.0 Å². The van der Waals surface area contributed by atoms with Gasteiger partial charge in [-0.2, -0.15) is 0 Å². The van der Waals surface area contributed by atoms with Gasteiger partial charge in [-0.05, 0) is 166 Å². The molecule has 0 fully saturated rings. The molecule has 0 saturated heterocycles. The summed E-state index contributed by atoms with van der Waals surface area (Å²) in [5.74, 6) is -1.64. The number of H-pyrrole nitrogens is 1. The molecule has 89 heavy (non-hydrogen) atoms. The number of hydrogen-bond acceptors (Lipinski definition) is 13. The zero-order chi connectivity index (χ0) is 62.7. The van der Waals surface area contributed by atoms with E-state index in [1.165, 1.54) is 66.7 Å². The normalized spacial score (nSPS) is 11.6. The van der Waals surface area contributed by atoms with Gasteiger partial charge in [-0.3, -0.25) is 37.2 Å². The Morgan fingerprint density at radius 2 is 0.809 bits per heavy atom. The molecular weight excluding hydrogens is 1180 g/mol. The maximum atomic E-state index is 13.4.